The van der Waals surface area contributed by atoms with Crippen molar-refractivity contribution < 1.29 is 0 Å². The molecule has 0 unspecified atom stereocenters. The fraction of sp³-hybridized carbons (Fsp3) is 0.571. The van der Waals surface area contributed by atoms with E-state index in [0.29, 0.717) is 0 Å². The van der Waals surface area contributed by atoms with Gasteiger partial charge in [0.25, 0.3) is 0 Å². The molecule has 0 heterocycles. The highest BCUT2D eigenvalue weighted by Crippen LogP contribution is 1.96. The van der Waals surface area contributed by atoms with Crippen LogP contribution >= 0.6 is 0 Å². The van der Waals surface area contributed by atoms with Gasteiger partial charge in [-0.2, -0.15) is 0 Å². The first-order valence-corrected chi connectivity index (χ1v) is 2.71. The van der Waals surface area contributed by atoms with Crippen molar-refractivity contribution in [2.24, 2.45) is 0 Å². The fourth-order valence-corrected chi connectivity index (χ4v) is 0.427. The summed E-state index contributed by atoms with van der Waals surface area (Å²) in [7, 11) is 0. The van der Waals surface area contributed by atoms with Crippen molar-refractivity contribution in [1.82, 2.24) is 0 Å². The zero-order valence-electron chi connectivity index (χ0n) is 4.74. The lowest BCUT2D eigenvalue weighted by Crippen LogP contribution is -1.68. The van der Waals surface area contributed by atoms with Gasteiger partial charge < -0.3 is 0 Å². The predicted molar refractivity (Wildman–Crippen MR) is 32.7 cm³/mol. The summed E-state index contributed by atoms with van der Waals surface area (Å²) in [6.07, 6.45) is 7.30. The molecule has 2 radical (unpaired) electrons. The maximum absolute atomic E-state index is 3.71. The van der Waals surface area contributed by atoms with Crippen molar-refractivity contribution in [3.05, 3.63) is 19.6 Å². The summed E-state index contributed by atoms with van der Waals surface area (Å²) in [4.78, 5) is 0. The molecule has 40 valence electrons. The van der Waals surface area contributed by atoms with Crippen molar-refractivity contribution >= 4 is 0 Å². The van der Waals surface area contributed by atoms with Gasteiger partial charge in [0.1, 0.15) is 0 Å². The number of unbranched alkanes of at least 4 members (excludes halogenated alkanes) is 3. The monoisotopic (exact) mass is 96.1 g/mol. The molecule has 0 saturated heterocycles. The second kappa shape index (κ2) is 5.74. The van der Waals surface area contributed by atoms with Crippen LogP contribution in [0.4, 0.5) is 0 Å². The summed E-state index contributed by atoms with van der Waals surface area (Å²) in [5.74, 6) is 0. The van der Waals surface area contributed by atoms with Crippen LogP contribution in [0.15, 0.2) is 6.58 Å². The molecule has 0 amide bonds. The zero-order chi connectivity index (χ0) is 5.54. The van der Waals surface area contributed by atoms with Gasteiger partial charge in [-0.3, -0.25) is 0 Å². The van der Waals surface area contributed by atoms with Gasteiger partial charge in [0.15, 0.2) is 0 Å². The van der Waals surface area contributed by atoms with E-state index in [0.717, 1.165) is 12.8 Å². The summed E-state index contributed by atoms with van der Waals surface area (Å²) in [6.45, 7) is 7.20. The van der Waals surface area contributed by atoms with E-state index >= 15 is 0 Å². The Labute approximate surface area is 46.2 Å². The Morgan fingerprint density at radius 3 is 2.43 bits per heavy atom. The van der Waals surface area contributed by atoms with E-state index in [1.54, 1.807) is 0 Å². The molecular formula is C7H12. The molecule has 0 aliphatic carbocycles. The van der Waals surface area contributed by atoms with Crippen molar-refractivity contribution in [2.45, 2.75) is 25.7 Å². The number of allylic oxidation sites excluding steroid dienone is 1. The third kappa shape index (κ3) is 5.74. The minimum Gasteiger partial charge on any atom is -0.0956 e. The molecule has 0 N–H and O–H groups in total. The molecule has 0 atom stereocenters. The van der Waals surface area contributed by atoms with Crippen molar-refractivity contribution in [3.8, 4) is 0 Å². The molecule has 0 saturated carbocycles. The molecule has 0 aromatic heterocycles. The van der Waals surface area contributed by atoms with Crippen LogP contribution in [-0.2, 0) is 0 Å². The van der Waals surface area contributed by atoms with Crippen molar-refractivity contribution in [3.63, 3.8) is 0 Å². The number of hydrogen-bond acceptors (Lipinski definition) is 0. The third-order valence-electron chi connectivity index (χ3n) is 0.854. The van der Waals surface area contributed by atoms with Crippen LogP contribution in [0.2, 0.25) is 0 Å². The highest BCUT2D eigenvalue weighted by atomic mass is 13.8. The minimum atomic E-state index is 1.02. The summed E-state index contributed by atoms with van der Waals surface area (Å²) >= 11 is 0. The van der Waals surface area contributed by atoms with Gasteiger partial charge in [-0.05, 0) is 12.8 Å². The maximum Gasteiger partial charge on any atom is -0.0282 e. The van der Waals surface area contributed by atoms with Gasteiger partial charge in [0.05, 0.1) is 0 Å². The summed E-state index contributed by atoms with van der Waals surface area (Å²) in [6, 6.07) is 0. The van der Waals surface area contributed by atoms with Crippen molar-refractivity contribution in [1.29, 1.82) is 0 Å². The standard InChI is InChI=1S/C7H12/c1-3-5-7-6-4-2/h1-3,5-7H2. The number of hydrogen-bond donors (Lipinski definition) is 0. The minimum absolute atomic E-state index is 1.02. The van der Waals surface area contributed by atoms with E-state index in [4.69, 9.17) is 0 Å². The average Bonchev–Trinajstić information content (AvgIpc) is 1.69. The van der Waals surface area contributed by atoms with Crippen LogP contribution in [0, 0.1) is 13.0 Å². The lowest BCUT2D eigenvalue weighted by Gasteiger charge is -1.87. The normalized spacial score (nSPS) is 8.71. The smallest absolute Gasteiger partial charge is 0.0282 e. The molecule has 0 aromatic rings. The van der Waals surface area contributed by atoms with Gasteiger partial charge in [-0.15, -0.1) is 0 Å². The Morgan fingerprint density at radius 1 is 1.29 bits per heavy atom. The molecule has 0 rings (SSSR count). The van der Waals surface area contributed by atoms with E-state index in [2.05, 4.69) is 19.6 Å². The molecule has 0 nitrogen and oxygen atoms in total. The molecule has 0 aliphatic heterocycles. The highest BCUT2D eigenvalue weighted by Gasteiger charge is 1.78. The summed E-state index contributed by atoms with van der Waals surface area (Å²) in [5.41, 5.74) is 0. The van der Waals surface area contributed by atoms with Gasteiger partial charge in [-0.1, -0.05) is 32.4 Å². The Balaban J connectivity index is 2.56. The summed E-state index contributed by atoms with van der Waals surface area (Å²) in [5, 5.41) is 0. The topological polar surface area (TPSA) is 0 Å². The quantitative estimate of drug-likeness (QED) is 0.471. The first kappa shape index (κ1) is 6.74. The van der Waals surface area contributed by atoms with Gasteiger partial charge >= 0.3 is 0 Å². The van der Waals surface area contributed by atoms with Gasteiger partial charge in [-0.25, -0.2) is 0 Å². The molecule has 0 aliphatic rings. The van der Waals surface area contributed by atoms with Crippen LogP contribution in [-0.4, -0.2) is 0 Å². The fourth-order valence-electron chi connectivity index (χ4n) is 0.427. The van der Waals surface area contributed by atoms with E-state index in [1.165, 1.54) is 12.8 Å². The maximum atomic E-state index is 3.71. The summed E-state index contributed by atoms with van der Waals surface area (Å²) < 4.78 is 0. The van der Waals surface area contributed by atoms with E-state index in [1.807, 2.05) is 0 Å². The molecule has 0 bridgehead atoms. The molecular weight excluding hydrogens is 84.1 g/mol. The lowest BCUT2D eigenvalue weighted by molar-refractivity contribution is 0.753. The van der Waals surface area contributed by atoms with E-state index < -0.39 is 0 Å². The van der Waals surface area contributed by atoms with Crippen LogP contribution in [0.3, 0.4) is 0 Å². The molecule has 0 spiro atoms. The van der Waals surface area contributed by atoms with E-state index in [-0.39, 0.29) is 0 Å². The molecule has 0 fully saturated rings. The Kier molecular flexibility index (Phi) is 5.53. The number of rotatable bonds is 4. The average molecular weight is 96.2 g/mol. The Hall–Kier alpha value is -0.260. The van der Waals surface area contributed by atoms with Gasteiger partial charge in [0, 0.05) is 0 Å². The largest absolute Gasteiger partial charge is 0.0956 e. The first-order chi connectivity index (χ1) is 3.41. The van der Waals surface area contributed by atoms with Crippen LogP contribution < -0.4 is 0 Å². The highest BCUT2D eigenvalue weighted by molar-refractivity contribution is 4.54. The van der Waals surface area contributed by atoms with Crippen LogP contribution in [0.25, 0.3) is 0 Å². The molecule has 0 heteroatoms. The SMILES string of the molecule is [CH2]CCCC[C]=C. The molecule has 7 heavy (non-hydrogen) atoms. The first-order valence-electron chi connectivity index (χ1n) is 2.71. The van der Waals surface area contributed by atoms with Crippen LogP contribution in [0.5, 0.6) is 0 Å². The lowest BCUT2D eigenvalue weighted by atomic mass is 10.2. The zero-order valence-corrected chi connectivity index (χ0v) is 4.74. The third-order valence-corrected chi connectivity index (χ3v) is 0.854. The Bertz CT molecular complexity index is 37.3. The molecule has 0 aromatic carbocycles. The predicted octanol–water partition coefficient (Wildman–Crippen LogP) is 2.37. The second-order valence-electron chi connectivity index (χ2n) is 1.56. The van der Waals surface area contributed by atoms with Crippen molar-refractivity contribution in [2.75, 3.05) is 0 Å². The van der Waals surface area contributed by atoms with E-state index in [9.17, 15) is 0 Å². The second-order valence-corrected chi connectivity index (χ2v) is 1.56. The van der Waals surface area contributed by atoms with Crippen LogP contribution in [0.1, 0.15) is 25.7 Å². The Morgan fingerprint density at radius 2 is 2.00 bits per heavy atom. The van der Waals surface area contributed by atoms with Gasteiger partial charge in [0.2, 0.25) is 0 Å².